The van der Waals surface area contributed by atoms with E-state index in [1.807, 2.05) is 6.07 Å². The third-order valence-corrected chi connectivity index (χ3v) is 5.91. The van der Waals surface area contributed by atoms with E-state index in [1.165, 1.54) is 30.4 Å². The number of hydrogen-bond acceptors (Lipinski definition) is 5. The summed E-state index contributed by atoms with van der Waals surface area (Å²) >= 11 is 1.28. The van der Waals surface area contributed by atoms with Gasteiger partial charge in [-0.3, -0.25) is 24.1 Å². The maximum atomic E-state index is 12.8. The summed E-state index contributed by atoms with van der Waals surface area (Å²) in [6.45, 7) is 1.65. The van der Waals surface area contributed by atoms with Gasteiger partial charge in [0.15, 0.2) is 4.80 Å². The van der Waals surface area contributed by atoms with Gasteiger partial charge in [0, 0.05) is 31.0 Å². The predicted octanol–water partition coefficient (Wildman–Crippen LogP) is 2.69. The molecule has 3 aromatic rings. The van der Waals surface area contributed by atoms with Gasteiger partial charge < -0.3 is 9.88 Å². The van der Waals surface area contributed by atoms with Crippen molar-refractivity contribution in [1.29, 1.82) is 0 Å². The fourth-order valence-corrected chi connectivity index (χ4v) is 4.52. The molecule has 1 saturated heterocycles. The van der Waals surface area contributed by atoms with Crippen LogP contribution in [-0.2, 0) is 20.9 Å². The van der Waals surface area contributed by atoms with E-state index in [-0.39, 0.29) is 37.1 Å². The van der Waals surface area contributed by atoms with E-state index in [0.29, 0.717) is 21.7 Å². The minimum absolute atomic E-state index is 0.182. The number of hydrogen-bond donors (Lipinski definition) is 1. The molecular formula is C23H18N4O4S. The Hall–Kier alpha value is -4.03. The summed E-state index contributed by atoms with van der Waals surface area (Å²) in [5.74, 6) is 1.41. The van der Waals surface area contributed by atoms with Crippen LogP contribution in [0.5, 0.6) is 0 Å². The van der Waals surface area contributed by atoms with Gasteiger partial charge in [-0.2, -0.15) is 4.99 Å². The number of benzene rings is 2. The van der Waals surface area contributed by atoms with Gasteiger partial charge in [0.2, 0.25) is 17.7 Å². The average Bonchev–Trinajstić information content (AvgIpc) is 3.26. The molecule has 0 radical (unpaired) electrons. The van der Waals surface area contributed by atoms with Crippen molar-refractivity contribution in [2.75, 3.05) is 10.2 Å². The number of aromatic nitrogens is 1. The molecule has 0 spiro atoms. The van der Waals surface area contributed by atoms with Crippen molar-refractivity contribution in [1.82, 2.24) is 4.57 Å². The number of thiazole rings is 1. The van der Waals surface area contributed by atoms with Crippen LogP contribution in [-0.4, -0.2) is 28.2 Å². The Labute approximate surface area is 187 Å². The van der Waals surface area contributed by atoms with Gasteiger partial charge >= 0.3 is 0 Å². The molecule has 0 unspecified atom stereocenters. The van der Waals surface area contributed by atoms with E-state index < -0.39 is 5.91 Å². The van der Waals surface area contributed by atoms with Gasteiger partial charge in [-0.05, 0) is 42.5 Å². The molecule has 0 bridgehead atoms. The summed E-state index contributed by atoms with van der Waals surface area (Å²) in [5, 5.41) is 2.73. The topological polar surface area (TPSA) is 101 Å². The number of nitrogens with one attached hydrogen (secondary N) is 1. The van der Waals surface area contributed by atoms with Gasteiger partial charge in [-0.1, -0.05) is 17.3 Å². The van der Waals surface area contributed by atoms with Crippen molar-refractivity contribution < 1.29 is 19.2 Å². The molecule has 4 rings (SSSR count). The van der Waals surface area contributed by atoms with Crippen LogP contribution in [0.1, 0.15) is 30.1 Å². The lowest BCUT2D eigenvalue weighted by Gasteiger charge is -2.13. The third-order valence-electron chi connectivity index (χ3n) is 4.87. The van der Waals surface area contributed by atoms with Crippen LogP contribution < -0.4 is 15.0 Å². The molecule has 4 amide bonds. The number of rotatable bonds is 4. The van der Waals surface area contributed by atoms with E-state index in [4.69, 9.17) is 6.42 Å². The number of carbonyl (C=O) groups excluding carboxylic acids is 4. The van der Waals surface area contributed by atoms with E-state index in [1.54, 1.807) is 28.8 Å². The number of anilines is 2. The van der Waals surface area contributed by atoms with Crippen LogP contribution in [0.25, 0.3) is 10.2 Å². The smallest absolute Gasteiger partial charge is 0.279 e. The van der Waals surface area contributed by atoms with Crippen LogP contribution >= 0.6 is 11.3 Å². The highest BCUT2D eigenvalue weighted by molar-refractivity contribution is 7.16. The number of terminal acetylenes is 1. The number of fused-ring (bicyclic) bond motifs is 1. The maximum absolute atomic E-state index is 12.8. The zero-order valence-corrected chi connectivity index (χ0v) is 17.9. The number of nitrogens with zero attached hydrogens (tertiary/aromatic N) is 3. The molecule has 0 atom stereocenters. The molecule has 0 saturated carbocycles. The highest BCUT2D eigenvalue weighted by atomic mass is 32.1. The predicted molar refractivity (Wildman–Crippen MR) is 121 cm³/mol. The lowest BCUT2D eigenvalue weighted by Crippen LogP contribution is -2.28. The molecule has 32 heavy (non-hydrogen) atoms. The Morgan fingerprint density at radius 3 is 2.44 bits per heavy atom. The maximum Gasteiger partial charge on any atom is 0.279 e. The highest BCUT2D eigenvalue weighted by Gasteiger charge is 2.30. The molecule has 9 heteroatoms. The fourth-order valence-electron chi connectivity index (χ4n) is 3.45. The summed E-state index contributed by atoms with van der Waals surface area (Å²) < 4.78 is 2.57. The van der Waals surface area contributed by atoms with E-state index >= 15 is 0 Å². The summed E-state index contributed by atoms with van der Waals surface area (Å²) in [5.41, 5.74) is 2.19. The lowest BCUT2D eigenvalue weighted by atomic mass is 10.2. The van der Waals surface area contributed by atoms with Gasteiger partial charge in [0.1, 0.15) is 0 Å². The van der Waals surface area contributed by atoms with Crippen LogP contribution in [0.15, 0.2) is 47.5 Å². The summed E-state index contributed by atoms with van der Waals surface area (Å²) in [6, 6.07) is 11.6. The average molecular weight is 446 g/mol. The van der Waals surface area contributed by atoms with Gasteiger partial charge in [-0.25, -0.2) is 0 Å². The SMILES string of the molecule is C#CCn1c(=NC(=O)c2ccc(N3C(=O)CCC3=O)cc2)sc2cc(NC(C)=O)ccc21. The zero-order chi connectivity index (χ0) is 22.8. The van der Waals surface area contributed by atoms with Crippen molar-refractivity contribution in [2.24, 2.45) is 4.99 Å². The summed E-state index contributed by atoms with van der Waals surface area (Å²) in [6.07, 6.45) is 5.89. The fraction of sp³-hybridized carbons (Fsp3) is 0.174. The van der Waals surface area contributed by atoms with E-state index in [0.717, 1.165) is 15.1 Å². The van der Waals surface area contributed by atoms with Crippen molar-refractivity contribution in [3.05, 3.63) is 52.8 Å². The number of amides is 4. The second-order valence-electron chi connectivity index (χ2n) is 7.13. The van der Waals surface area contributed by atoms with Gasteiger partial charge in [0.05, 0.1) is 22.4 Å². The standard InChI is InChI=1S/C23H18N4O4S/c1-3-12-26-18-9-6-16(24-14(2)28)13-19(18)32-23(26)25-22(31)15-4-7-17(8-5-15)27-20(29)10-11-21(27)30/h1,4-9,13H,10-12H2,2H3,(H,24,28). The second kappa shape index (κ2) is 8.61. The van der Waals surface area contributed by atoms with E-state index in [9.17, 15) is 19.2 Å². The Kier molecular flexibility index (Phi) is 5.71. The van der Waals surface area contributed by atoms with E-state index in [2.05, 4.69) is 16.2 Å². The third kappa shape index (κ3) is 4.08. The van der Waals surface area contributed by atoms with Crippen LogP contribution in [0, 0.1) is 12.3 Å². The zero-order valence-electron chi connectivity index (χ0n) is 17.1. The van der Waals surface area contributed by atoms with Crippen molar-refractivity contribution in [3.63, 3.8) is 0 Å². The first kappa shape index (κ1) is 21.2. The van der Waals surface area contributed by atoms with Crippen LogP contribution in [0.4, 0.5) is 11.4 Å². The highest BCUT2D eigenvalue weighted by Crippen LogP contribution is 2.24. The first-order chi connectivity index (χ1) is 15.4. The second-order valence-corrected chi connectivity index (χ2v) is 8.13. The normalized spacial score (nSPS) is 14.1. The Bertz CT molecular complexity index is 1360. The van der Waals surface area contributed by atoms with Crippen LogP contribution in [0.2, 0.25) is 0 Å². The quantitative estimate of drug-likeness (QED) is 0.492. The van der Waals surface area contributed by atoms with Gasteiger partial charge in [-0.15, -0.1) is 6.42 Å². The van der Waals surface area contributed by atoms with Crippen molar-refractivity contribution in [3.8, 4) is 12.3 Å². The van der Waals surface area contributed by atoms with Crippen molar-refractivity contribution in [2.45, 2.75) is 26.3 Å². The number of imide groups is 1. The Morgan fingerprint density at radius 1 is 1.12 bits per heavy atom. The summed E-state index contributed by atoms with van der Waals surface area (Å²) in [4.78, 5) is 53.7. The monoisotopic (exact) mass is 446 g/mol. The van der Waals surface area contributed by atoms with Gasteiger partial charge in [0.25, 0.3) is 5.91 Å². The molecule has 1 aromatic heterocycles. The molecular weight excluding hydrogens is 428 g/mol. The number of carbonyl (C=O) groups is 4. The Balaban J connectivity index is 1.68. The molecule has 2 heterocycles. The molecule has 1 aliphatic rings. The Morgan fingerprint density at radius 2 is 1.81 bits per heavy atom. The molecule has 1 aliphatic heterocycles. The largest absolute Gasteiger partial charge is 0.326 e. The molecule has 8 nitrogen and oxygen atoms in total. The summed E-state index contributed by atoms with van der Waals surface area (Å²) in [7, 11) is 0. The van der Waals surface area contributed by atoms with Crippen LogP contribution in [0.3, 0.4) is 0 Å². The molecule has 0 aliphatic carbocycles. The van der Waals surface area contributed by atoms with Crippen molar-refractivity contribution >= 4 is 56.6 Å². The molecule has 1 fully saturated rings. The first-order valence-electron chi connectivity index (χ1n) is 9.76. The minimum Gasteiger partial charge on any atom is -0.326 e. The lowest BCUT2D eigenvalue weighted by molar-refractivity contribution is -0.121. The minimum atomic E-state index is -0.477. The molecule has 160 valence electrons. The molecule has 2 aromatic carbocycles. The first-order valence-corrected chi connectivity index (χ1v) is 10.6. The molecule has 1 N–H and O–H groups in total.